The Balaban J connectivity index is 0.000000181. The predicted octanol–water partition coefficient (Wildman–Crippen LogP) is 3.80. The first-order valence-electron chi connectivity index (χ1n) is 8.45. The number of benzene rings is 2. The Kier molecular flexibility index (Phi) is 6.03. The van der Waals surface area contributed by atoms with Crippen molar-refractivity contribution >= 4 is 10.1 Å². The van der Waals surface area contributed by atoms with Crippen molar-refractivity contribution in [2.45, 2.75) is 44.4 Å². The molecule has 0 saturated carbocycles. The summed E-state index contributed by atoms with van der Waals surface area (Å²) in [6, 6.07) is 14.2. The minimum absolute atomic E-state index is 0.0260. The first kappa shape index (κ1) is 19.6. The van der Waals surface area contributed by atoms with E-state index in [0.29, 0.717) is 16.5 Å². The predicted molar refractivity (Wildman–Crippen MR) is 102 cm³/mol. The first-order valence-corrected chi connectivity index (χ1v) is 9.89. The molecule has 4 nitrogen and oxygen atoms in total. The van der Waals surface area contributed by atoms with Crippen molar-refractivity contribution in [3.63, 3.8) is 0 Å². The van der Waals surface area contributed by atoms with E-state index in [-0.39, 0.29) is 4.90 Å². The molecule has 0 amide bonds. The van der Waals surface area contributed by atoms with Gasteiger partial charge in [-0.1, -0.05) is 55.0 Å². The number of nitrogens with one attached hydrogen (secondary N) is 1. The fourth-order valence-electron chi connectivity index (χ4n) is 3.48. The van der Waals surface area contributed by atoms with Crippen LogP contribution in [0.25, 0.3) is 0 Å². The van der Waals surface area contributed by atoms with Gasteiger partial charge < -0.3 is 5.32 Å². The van der Waals surface area contributed by atoms with E-state index < -0.39 is 10.1 Å². The summed E-state index contributed by atoms with van der Waals surface area (Å²) in [5.41, 5.74) is 4.00. The molecule has 0 bridgehead atoms. The summed E-state index contributed by atoms with van der Waals surface area (Å²) in [6.45, 7) is 9.84. The molecule has 25 heavy (non-hydrogen) atoms. The quantitative estimate of drug-likeness (QED) is 0.799. The van der Waals surface area contributed by atoms with Crippen LogP contribution in [0.3, 0.4) is 0 Å². The Morgan fingerprint density at radius 2 is 1.60 bits per heavy atom. The van der Waals surface area contributed by atoms with Gasteiger partial charge in [0.2, 0.25) is 0 Å². The third-order valence-electron chi connectivity index (χ3n) is 4.70. The van der Waals surface area contributed by atoms with Crippen molar-refractivity contribution in [3.8, 4) is 0 Å². The lowest BCUT2D eigenvalue weighted by Crippen LogP contribution is -2.24. The molecule has 1 heterocycles. The topological polar surface area (TPSA) is 66.4 Å². The summed E-state index contributed by atoms with van der Waals surface area (Å²) in [6.07, 6.45) is 1.26. The zero-order valence-electron chi connectivity index (χ0n) is 15.3. The SMILES string of the molecule is CC1(c2ccccc2)CCNC1.Cc1cc(C)c(S(=O)(=O)O)c(C)c1. The normalized spacial score (nSPS) is 20.0. The summed E-state index contributed by atoms with van der Waals surface area (Å²) >= 11 is 0. The minimum atomic E-state index is -4.08. The molecule has 0 spiro atoms. The van der Waals surface area contributed by atoms with E-state index in [9.17, 15) is 8.42 Å². The molecule has 2 aromatic carbocycles. The van der Waals surface area contributed by atoms with E-state index in [0.717, 1.165) is 18.7 Å². The lowest BCUT2D eigenvalue weighted by atomic mass is 9.82. The van der Waals surface area contributed by atoms with Gasteiger partial charge in [0.25, 0.3) is 10.1 Å². The van der Waals surface area contributed by atoms with Crippen LogP contribution in [0.5, 0.6) is 0 Å². The van der Waals surface area contributed by atoms with Crippen LogP contribution < -0.4 is 5.32 Å². The van der Waals surface area contributed by atoms with Crippen LogP contribution >= 0.6 is 0 Å². The summed E-state index contributed by atoms with van der Waals surface area (Å²) < 4.78 is 30.8. The van der Waals surface area contributed by atoms with Gasteiger partial charge in [-0.3, -0.25) is 4.55 Å². The van der Waals surface area contributed by atoms with Gasteiger partial charge in [-0.05, 0) is 50.4 Å². The van der Waals surface area contributed by atoms with Crippen molar-refractivity contribution in [1.29, 1.82) is 0 Å². The summed E-state index contributed by atoms with van der Waals surface area (Å²) in [7, 11) is -4.08. The standard InChI is InChI=1S/C11H15N.C9H12O3S/c1-11(7-8-12-9-11)10-5-3-2-4-6-10;1-6-4-7(2)9(8(3)5-6)13(10,11)12/h2-6,12H,7-9H2,1H3;4-5H,1-3H3,(H,10,11,12). The number of hydrogen-bond donors (Lipinski definition) is 2. The van der Waals surface area contributed by atoms with Crippen LogP contribution in [-0.2, 0) is 15.5 Å². The zero-order chi connectivity index (χ0) is 18.7. The van der Waals surface area contributed by atoms with Gasteiger partial charge in [0.05, 0.1) is 4.90 Å². The van der Waals surface area contributed by atoms with Crippen molar-refractivity contribution in [2.75, 3.05) is 13.1 Å². The fourth-order valence-corrected chi connectivity index (χ4v) is 4.41. The molecule has 1 unspecified atom stereocenters. The lowest BCUT2D eigenvalue weighted by Gasteiger charge is -2.22. The Hall–Kier alpha value is -1.69. The molecule has 2 N–H and O–H groups in total. The first-order chi connectivity index (χ1) is 11.6. The third-order valence-corrected chi connectivity index (χ3v) is 5.86. The highest BCUT2D eigenvalue weighted by molar-refractivity contribution is 7.86. The average Bonchev–Trinajstić information content (AvgIpc) is 2.94. The number of hydrogen-bond acceptors (Lipinski definition) is 3. The highest BCUT2D eigenvalue weighted by Crippen LogP contribution is 2.29. The molecule has 1 atom stereocenters. The van der Waals surface area contributed by atoms with Gasteiger partial charge in [0.1, 0.15) is 0 Å². The van der Waals surface area contributed by atoms with Gasteiger partial charge in [0, 0.05) is 12.0 Å². The second-order valence-corrected chi connectivity index (χ2v) is 8.41. The second-order valence-electron chi connectivity index (χ2n) is 7.06. The summed E-state index contributed by atoms with van der Waals surface area (Å²) in [4.78, 5) is 0.0260. The highest BCUT2D eigenvalue weighted by Gasteiger charge is 2.29. The smallest absolute Gasteiger partial charge is 0.295 e. The van der Waals surface area contributed by atoms with Crippen LogP contribution in [0, 0.1) is 20.8 Å². The minimum Gasteiger partial charge on any atom is -0.316 e. The molecular formula is C20H27NO3S. The maximum absolute atomic E-state index is 10.9. The van der Waals surface area contributed by atoms with Crippen LogP contribution in [0.4, 0.5) is 0 Å². The average molecular weight is 362 g/mol. The molecular weight excluding hydrogens is 334 g/mol. The van der Waals surface area contributed by atoms with Crippen LogP contribution in [0.15, 0.2) is 47.4 Å². The maximum atomic E-state index is 10.9. The third kappa shape index (κ3) is 4.91. The monoisotopic (exact) mass is 361 g/mol. The van der Waals surface area contributed by atoms with Crippen LogP contribution in [0.1, 0.15) is 35.6 Å². The van der Waals surface area contributed by atoms with E-state index >= 15 is 0 Å². The Morgan fingerprint density at radius 1 is 1.04 bits per heavy atom. The Bertz CT molecular complexity index is 800. The van der Waals surface area contributed by atoms with Gasteiger partial charge >= 0.3 is 0 Å². The molecule has 0 aromatic heterocycles. The summed E-state index contributed by atoms with van der Waals surface area (Å²) in [5.74, 6) is 0. The molecule has 1 aliphatic heterocycles. The molecule has 1 saturated heterocycles. The molecule has 0 radical (unpaired) electrons. The van der Waals surface area contributed by atoms with Crippen molar-refractivity contribution < 1.29 is 13.0 Å². The van der Waals surface area contributed by atoms with E-state index in [1.807, 2.05) is 6.92 Å². The molecule has 1 fully saturated rings. The Labute approximate surface area is 151 Å². The van der Waals surface area contributed by atoms with Gasteiger partial charge in [-0.15, -0.1) is 0 Å². The van der Waals surface area contributed by atoms with Crippen molar-refractivity contribution in [3.05, 3.63) is 64.7 Å². The molecule has 3 rings (SSSR count). The van der Waals surface area contributed by atoms with E-state index in [2.05, 4.69) is 42.6 Å². The number of rotatable bonds is 2. The van der Waals surface area contributed by atoms with Crippen molar-refractivity contribution in [1.82, 2.24) is 5.32 Å². The van der Waals surface area contributed by atoms with Crippen LogP contribution in [-0.4, -0.2) is 26.1 Å². The largest absolute Gasteiger partial charge is 0.316 e. The Morgan fingerprint density at radius 3 is 2.04 bits per heavy atom. The summed E-state index contributed by atoms with van der Waals surface area (Å²) in [5, 5.41) is 3.41. The lowest BCUT2D eigenvalue weighted by molar-refractivity contribution is 0.482. The fraction of sp³-hybridized carbons (Fsp3) is 0.400. The number of aryl methyl sites for hydroxylation is 3. The van der Waals surface area contributed by atoms with Crippen molar-refractivity contribution in [2.24, 2.45) is 0 Å². The molecule has 5 heteroatoms. The zero-order valence-corrected chi connectivity index (χ0v) is 16.2. The second kappa shape index (κ2) is 7.68. The molecule has 2 aromatic rings. The highest BCUT2D eigenvalue weighted by atomic mass is 32.2. The van der Waals surface area contributed by atoms with E-state index in [1.165, 1.54) is 12.0 Å². The van der Waals surface area contributed by atoms with Gasteiger partial charge in [-0.2, -0.15) is 8.42 Å². The van der Waals surface area contributed by atoms with Gasteiger partial charge in [-0.25, -0.2) is 0 Å². The van der Waals surface area contributed by atoms with E-state index in [1.54, 1.807) is 26.0 Å². The molecule has 0 aliphatic carbocycles. The molecule has 136 valence electrons. The maximum Gasteiger partial charge on any atom is 0.295 e. The van der Waals surface area contributed by atoms with Crippen LogP contribution in [0.2, 0.25) is 0 Å². The molecule has 1 aliphatic rings. The van der Waals surface area contributed by atoms with E-state index in [4.69, 9.17) is 4.55 Å². The van der Waals surface area contributed by atoms with Gasteiger partial charge in [0.15, 0.2) is 0 Å².